The van der Waals surface area contributed by atoms with Crippen molar-refractivity contribution in [3.63, 3.8) is 0 Å². The molecule has 1 aromatic rings. The smallest absolute Gasteiger partial charge is 0.306 e. The van der Waals surface area contributed by atoms with Crippen molar-refractivity contribution in [1.29, 1.82) is 0 Å². The van der Waals surface area contributed by atoms with Crippen LogP contribution in [0.25, 0.3) is 0 Å². The summed E-state index contributed by atoms with van der Waals surface area (Å²) in [4.78, 5) is 23.0. The van der Waals surface area contributed by atoms with Gasteiger partial charge >= 0.3 is 5.97 Å². The minimum atomic E-state index is -0.762. The Hall–Kier alpha value is -1.85. The Morgan fingerprint density at radius 2 is 2.20 bits per heavy atom. The van der Waals surface area contributed by atoms with Gasteiger partial charge in [-0.05, 0) is 39.2 Å². The van der Waals surface area contributed by atoms with Crippen molar-refractivity contribution >= 4 is 11.9 Å². The third-order valence-electron chi connectivity index (χ3n) is 3.79. The van der Waals surface area contributed by atoms with Crippen molar-refractivity contribution in [3.05, 3.63) is 17.5 Å². The molecule has 6 heteroatoms. The molecule has 1 aliphatic rings. The lowest BCUT2D eigenvalue weighted by Gasteiger charge is -2.27. The molecule has 1 aliphatic carbocycles. The van der Waals surface area contributed by atoms with Crippen LogP contribution in [-0.4, -0.2) is 32.8 Å². The van der Waals surface area contributed by atoms with Crippen molar-refractivity contribution in [1.82, 2.24) is 15.1 Å². The van der Waals surface area contributed by atoms with Gasteiger partial charge in [-0.3, -0.25) is 14.3 Å². The summed E-state index contributed by atoms with van der Waals surface area (Å²) >= 11 is 0. The van der Waals surface area contributed by atoms with Gasteiger partial charge < -0.3 is 10.4 Å². The van der Waals surface area contributed by atoms with E-state index >= 15 is 0 Å². The number of carboxylic acids is 1. The topological polar surface area (TPSA) is 84.2 Å². The van der Waals surface area contributed by atoms with E-state index < -0.39 is 5.97 Å². The summed E-state index contributed by atoms with van der Waals surface area (Å²) in [6, 6.07) is 1.89. The first kappa shape index (κ1) is 14.6. The van der Waals surface area contributed by atoms with Crippen LogP contribution in [0.3, 0.4) is 0 Å². The van der Waals surface area contributed by atoms with Gasteiger partial charge in [0.1, 0.15) is 6.54 Å². The summed E-state index contributed by atoms with van der Waals surface area (Å²) in [5.41, 5.74) is 1.84. The average molecular weight is 279 g/mol. The Labute approximate surface area is 118 Å². The van der Waals surface area contributed by atoms with Gasteiger partial charge in [-0.15, -0.1) is 0 Å². The van der Waals surface area contributed by atoms with Crippen molar-refractivity contribution in [2.75, 3.05) is 0 Å². The molecule has 2 rings (SSSR count). The fourth-order valence-corrected chi connectivity index (χ4v) is 2.79. The molecule has 0 spiro atoms. The molecule has 0 aromatic carbocycles. The maximum Gasteiger partial charge on any atom is 0.306 e. The van der Waals surface area contributed by atoms with Crippen LogP contribution in [0.2, 0.25) is 0 Å². The fraction of sp³-hybridized carbons (Fsp3) is 0.643. The number of amides is 1. The number of rotatable bonds is 4. The van der Waals surface area contributed by atoms with Crippen LogP contribution in [0.5, 0.6) is 0 Å². The Morgan fingerprint density at radius 3 is 2.80 bits per heavy atom. The lowest BCUT2D eigenvalue weighted by molar-refractivity contribution is -0.143. The summed E-state index contributed by atoms with van der Waals surface area (Å²) in [6.45, 7) is 3.99. The molecule has 0 saturated heterocycles. The highest BCUT2D eigenvalue weighted by Crippen LogP contribution is 2.24. The van der Waals surface area contributed by atoms with Gasteiger partial charge in [-0.1, -0.05) is 6.42 Å². The fourth-order valence-electron chi connectivity index (χ4n) is 2.79. The molecular formula is C14H21N3O3. The van der Waals surface area contributed by atoms with Gasteiger partial charge in [-0.2, -0.15) is 5.10 Å². The molecule has 1 heterocycles. The number of nitrogens with one attached hydrogen (secondary N) is 1. The van der Waals surface area contributed by atoms with E-state index in [-0.39, 0.29) is 24.4 Å². The minimum absolute atomic E-state index is 0.0330. The zero-order valence-electron chi connectivity index (χ0n) is 11.9. The molecular weight excluding hydrogens is 258 g/mol. The Balaban J connectivity index is 1.88. The van der Waals surface area contributed by atoms with E-state index in [1.54, 1.807) is 4.68 Å². The lowest BCUT2D eigenvalue weighted by Crippen LogP contribution is -2.41. The van der Waals surface area contributed by atoms with Crippen LogP contribution in [-0.2, 0) is 16.1 Å². The van der Waals surface area contributed by atoms with E-state index in [0.717, 1.165) is 24.2 Å². The monoisotopic (exact) mass is 279 g/mol. The predicted octanol–water partition coefficient (Wildman–Crippen LogP) is 1.26. The molecule has 2 N–H and O–H groups in total. The van der Waals surface area contributed by atoms with Crippen LogP contribution in [0.4, 0.5) is 0 Å². The van der Waals surface area contributed by atoms with Crippen molar-refractivity contribution < 1.29 is 14.7 Å². The third-order valence-corrected chi connectivity index (χ3v) is 3.79. The normalized spacial score (nSPS) is 22.5. The number of carbonyl (C=O) groups excluding carboxylic acids is 1. The molecule has 1 amide bonds. The molecule has 0 aliphatic heterocycles. The number of hydrogen-bond acceptors (Lipinski definition) is 3. The zero-order chi connectivity index (χ0) is 14.7. The van der Waals surface area contributed by atoms with Crippen molar-refractivity contribution in [2.45, 2.75) is 52.1 Å². The number of carbonyl (C=O) groups is 2. The maximum atomic E-state index is 12.0. The molecule has 1 saturated carbocycles. The van der Waals surface area contributed by atoms with Crippen LogP contribution >= 0.6 is 0 Å². The number of carboxylic acid groups (broad SMARTS) is 1. The first-order chi connectivity index (χ1) is 9.45. The second-order valence-electron chi connectivity index (χ2n) is 5.55. The highest BCUT2D eigenvalue weighted by atomic mass is 16.4. The quantitative estimate of drug-likeness (QED) is 0.869. The largest absolute Gasteiger partial charge is 0.481 e. The second kappa shape index (κ2) is 6.07. The maximum absolute atomic E-state index is 12.0. The predicted molar refractivity (Wildman–Crippen MR) is 73.2 cm³/mol. The van der Waals surface area contributed by atoms with E-state index in [1.165, 1.54) is 0 Å². The van der Waals surface area contributed by atoms with E-state index in [4.69, 9.17) is 5.11 Å². The summed E-state index contributed by atoms with van der Waals surface area (Å²) in [5.74, 6) is -1.20. The molecule has 20 heavy (non-hydrogen) atoms. The van der Waals surface area contributed by atoms with E-state index in [0.29, 0.717) is 12.8 Å². The summed E-state index contributed by atoms with van der Waals surface area (Å²) < 4.78 is 1.67. The van der Waals surface area contributed by atoms with Crippen LogP contribution in [0.1, 0.15) is 37.1 Å². The third kappa shape index (κ3) is 3.59. The summed E-state index contributed by atoms with van der Waals surface area (Å²) in [6.07, 6.45) is 2.94. The van der Waals surface area contributed by atoms with Gasteiger partial charge in [-0.25, -0.2) is 0 Å². The molecule has 6 nitrogen and oxygen atoms in total. The van der Waals surface area contributed by atoms with E-state index in [1.807, 2.05) is 19.9 Å². The van der Waals surface area contributed by atoms with E-state index in [2.05, 4.69) is 10.4 Å². The van der Waals surface area contributed by atoms with Crippen LogP contribution < -0.4 is 5.32 Å². The summed E-state index contributed by atoms with van der Waals surface area (Å²) in [5, 5.41) is 16.2. The molecule has 0 bridgehead atoms. The summed E-state index contributed by atoms with van der Waals surface area (Å²) in [7, 11) is 0. The number of aliphatic carboxylic acids is 1. The van der Waals surface area contributed by atoms with Gasteiger partial charge in [0.2, 0.25) is 5.91 Å². The number of aromatic nitrogens is 2. The Morgan fingerprint density at radius 1 is 1.45 bits per heavy atom. The van der Waals surface area contributed by atoms with Crippen molar-refractivity contribution in [2.24, 2.45) is 5.92 Å². The first-order valence-electron chi connectivity index (χ1n) is 6.99. The van der Waals surface area contributed by atoms with Gasteiger partial charge in [0.25, 0.3) is 0 Å². The molecule has 1 aromatic heterocycles. The number of aryl methyl sites for hydroxylation is 2. The molecule has 1 fully saturated rings. The zero-order valence-corrected chi connectivity index (χ0v) is 11.9. The molecule has 0 radical (unpaired) electrons. The first-order valence-corrected chi connectivity index (χ1v) is 6.99. The highest BCUT2D eigenvalue weighted by molar-refractivity contribution is 5.76. The number of nitrogens with zero attached hydrogens (tertiary/aromatic N) is 2. The van der Waals surface area contributed by atoms with Gasteiger partial charge in [0.05, 0.1) is 11.6 Å². The van der Waals surface area contributed by atoms with Gasteiger partial charge in [0, 0.05) is 11.7 Å². The van der Waals surface area contributed by atoms with Gasteiger partial charge in [0.15, 0.2) is 0 Å². The molecule has 2 unspecified atom stereocenters. The number of hydrogen-bond donors (Lipinski definition) is 2. The van der Waals surface area contributed by atoms with E-state index in [9.17, 15) is 9.59 Å². The Bertz CT molecular complexity index is 510. The second-order valence-corrected chi connectivity index (χ2v) is 5.55. The molecule has 110 valence electrons. The average Bonchev–Trinajstić information content (AvgIpc) is 2.67. The van der Waals surface area contributed by atoms with Crippen LogP contribution in [0, 0.1) is 19.8 Å². The minimum Gasteiger partial charge on any atom is -0.481 e. The van der Waals surface area contributed by atoms with Crippen LogP contribution in [0.15, 0.2) is 6.07 Å². The SMILES string of the molecule is Cc1cc(C)n(CC(=O)NC2CCCC(C(=O)O)C2)n1. The molecule has 2 atom stereocenters. The van der Waals surface area contributed by atoms with Crippen molar-refractivity contribution in [3.8, 4) is 0 Å². The highest BCUT2D eigenvalue weighted by Gasteiger charge is 2.27. The lowest BCUT2D eigenvalue weighted by atomic mass is 9.86. The Kier molecular flexibility index (Phi) is 4.42. The standard InChI is InChI=1S/C14H21N3O3/c1-9-6-10(2)17(16-9)8-13(18)15-12-5-3-4-11(7-12)14(19)20/h6,11-12H,3-5,7-8H2,1-2H3,(H,15,18)(H,19,20).